The summed E-state index contributed by atoms with van der Waals surface area (Å²) in [4.78, 5) is 0. The second-order valence-electron chi connectivity index (χ2n) is 4.40. The van der Waals surface area contributed by atoms with Crippen LogP contribution in [0.3, 0.4) is 0 Å². The quantitative estimate of drug-likeness (QED) is 0.520. The van der Waals surface area contributed by atoms with Crippen molar-refractivity contribution in [2.75, 3.05) is 6.61 Å². The minimum atomic E-state index is -0.0745. The Morgan fingerprint density at radius 3 is 1.73 bits per heavy atom. The summed E-state index contributed by atoms with van der Waals surface area (Å²) in [6, 6.07) is 0. The number of hydrogen-bond donors (Lipinski definition) is 2. The molecule has 0 rings (SSSR count). The van der Waals surface area contributed by atoms with Gasteiger partial charge >= 0.3 is 0 Å². The Hall–Kier alpha value is -0.0800. The van der Waals surface area contributed by atoms with Crippen molar-refractivity contribution in [3.63, 3.8) is 0 Å². The molecule has 0 aromatic rings. The molecule has 0 radical (unpaired) electrons. The van der Waals surface area contributed by atoms with Gasteiger partial charge in [0.15, 0.2) is 0 Å². The average Bonchev–Trinajstić information content (AvgIpc) is 2.26. The Bertz CT molecular complexity index is 115. The lowest BCUT2D eigenvalue weighted by atomic mass is 10.0. The maximum Gasteiger partial charge on any atom is 0.0537 e. The Morgan fingerprint density at radius 2 is 1.27 bits per heavy atom. The molecule has 0 aliphatic carbocycles. The van der Waals surface area contributed by atoms with Crippen LogP contribution < -0.4 is 0 Å². The zero-order chi connectivity index (χ0) is 11.4. The molecule has 15 heavy (non-hydrogen) atoms. The van der Waals surface area contributed by atoms with Crippen LogP contribution in [-0.4, -0.2) is 22.9 Å². The average molecular weight is 216 g/mol. The monoisotopic (exact) mass is 216 g/mol. The fraction of sp³-hybridized carbons (Fsp3) is 1.00. The fourth-order valence-corrected chi connectivity index (χ4v) is 1.76. The third-order valence-corrected chi connectivity index (χ3v) is 2.92. The van der Waals surface area contributed by atoms with E-state index in [0.29, 0.717) is 6.61 Å². The van der Waals surface area contributed by atoms with Gasteiger partial charge in [0.1, 0.15) is 0 Å². The van der Waals surface area contributed by atoms with Gasteiger partial charge in [-0.2, -0.15) is 0 Å². The van der Waals surface area contributed by atoms with Gasteiger partial charge < -0.3 is 10.2 Å². The first-order valence-electron chi connectivity index (χ1n) is 6.60. The van der Waals surface area contributed by atoms with Crippen LogP contribution in [0.15, 0.2) is 0 Å². The van der Waals surface area contributed by atoms with E-state index >= 15 is 0 Å². The molecular formula is C13H28O2. The summed E-state index contributed by atoms with van der Waals surface area (Å²) in [6.45, 7) is 2.38. The SMILES string of the molecule is CCC(O)CCCCCCCCCCO. The van der Waals surface area contributed by atoms with Gasteiger partial charge in [0.2, 0.25) is 0 Å². The van der Waals surface area contributed by atoms with Crippen LogP contribution in [-0.2, 0) is 0 Å². The predicted octanol–water partition coefficient (Wildman–Crippen LogP) is 3.26. The molecule has 1 atom stereocenters. The first-order valence-corrected chi connectivity index (χ1v) is 6.60. The molecule has 0 saturated heterocycles. The molecule has 2 heteroatoms. The predicted molar refractivity (Wildman–Crippen MR) is 64.9 cm³/mol. The lowest BCUT2D eigenvalue weighted by molar-refractivity contribution is 0.156. The molecular weight excluding hydrogens is 188 g/mol. The van der Waals surface area contributed by atoms with Crippen molar-refractivity contribution in [3.8, 4) is 0 Å². The second kappa shape index (κ2) is 12.0. The summed E-state index contributed by atoms with van der Waals surface area (Å²) < 4.78 is 0. The minimum absolute atomic E-state index is 0.0745. The van der Waals surface area contributed by atoms with Gasteiger partial charge in [0.05, 0.1) is 6.10 Å². The molecule has 0 fully saturated rings. The van der Waals surface area contributed by atoms with E-state index in [-0.39, 0.29) is 6.10 Å². The summed E-state index contributed by atoms with van der Waals surface area (Å²) in [6.07, 6.45) is 11.5. The molecule has 0 aromatic heterocycles. The van der Waals surface area contributed by atoms with Crippen molar-refractivity contribution < 1.29 is 10.2 Å². The number of aliphatic hydroxyl groups is 2. The van der Waals surface area contributed by atoms with Crippen LogP contribution in [0, 0.1) is 0 Å². The van der Waals surface area contributed by atoms with Crippen LogP contribution in [0.4, 0.5) is 0 Å². The lowest BCUT2D eigenvalue weighted by Gasteiger charge is -2.06. The van der Waals surface area contributed by atoms with Crippen molar-refractivity contribution in [2.24, 2.45) is 0 Å². The Morgan fingerprint density at radius 1 is 0.800 bits per heavy atom. The number of rotatable bonds is 11. The minimum Gasteiger partial charge on any atom is -0.396 e. The van der Waals surface area contributed by atoms with E-state index in [4.69, 9.17) is 5.11 Å². The molecule has 2 N–H and O–H groups in total. The molecule has 0 aliphatic heterocycles. The van der Waals surface area contributed by atoms with E-state index in [2.05, 4.69) is 0 Å². The van der Waals surface area contributed by atoms with Crippen LogP contribution in [0.5, 0.6) is 0 Å². The Labute approximate surface area is 94.7 Å². The summed E-state index contributed by atoms with van der Waals surface area (Å²) in [5.74, 6) is 0. The molecule has 2 nitrogen and oxygen atoms in total. The normalized spacial score (nSPS) is 13.0. The highest BCUT2D eigenvalue weighted by molar-refractivity contribution is 4.53. The largest absolute Gasteiger partial charge is 0.396 e. The topological polar surface area (TPSA) is 40.5 Å². The Balaban J connectivity index is 2.92. The van der Waals surface area contributed by atoms with Crippen LogP contribution in [0.1, 0.15) is 71.1 Å². The van der Waals surface area contributed by atoms with E-state index in [1.165, 1.54) is 44.9 Å². The van der Waals surface area contributed by atoms with Gasteiger partial charge in [-0.05, 0) is 19.3 Å². The van der Waals surface area contributed by atoms with E-state index in [9.17, 15) is 5.11 Å². The number of hydrogen-bond acceptors (Lipinski definition) is 2. The fourth-order valence-electron chi connectivity index (χ4n) is 1.76. The summed E-state index contributed by atoms with van der Waals surface area (Å²) in [5, 5.41) is 17.9. The maximum absolute atomic E-state index is 9.33. The highest BCUT2D eigenvalue weighted by atomic mass is 16.3. The summed E-state index contributed by atoms with van der Waals surface area (Å²) >= 11 is 0. The van der Waals surface area contributed by atoms with E-state index in [0.717, 1.165) is 19.3 Å². The smallest absolute Gasteiger partial charge is 0.0537 e. The van der Waals surface area contributed by atoms with E-state index < -0.39 is 0 Å². The maximum atomic E-state index is 9.33. The highest BCUT2D eigenvalue weighted by Crippen LogP contribution is 2.11. The first-order chi connectivity index (χ1) is 7.31. The van der Waals surface area contributed by atoms with Gasteiger partial charge in [-0.15, -0.1) is 0 Å². The Kier molecular flexibility index (Phi) is 11.9. The van der Waals surface area contributed by atoms with Crippen LogP contribution in [0.2, 0.25) is 0 Å². The molecule has 0 amide bonds. The summed E-state index contributed by atoms with van der Waals surface area (Å²) in [7, 11) is 0. The molecule has 0 aliphatic rings. The van der Waals surface area contributed by atoms with Crippen molar-refractivity contribution in [2.45, 2.75) is 77.2 Å². The molecule has 92 valence electrons. The van der Waals surface area contributed by atoms with Gasteiger partial charge in [0.25, 0.3) is 0 Å². The molecule has 1 unspecified atom stereocenters. The zero-order valence-electron chi connectivity index (χ0n) is 10.2. The van der Waals surface area contributed by atoms with Gasteiger partial charge in [-0.1, -0.05) is 51.9 Å². The first kappa shape index (κ1) is 14.9. The van der Waals surface area contributed by atoms with Crippen LogP contribution >= 0.6 is 0 Å². The van der Waals surface area contributed by atoms with E-state index in [1.807, 2.05) is 6.92 Å². The van der Waals surface area contributed by atoms with Crippen molar-refractivity contribution >= 4 is 0 Å². The molecule has 0 saturated carbocycles. The van der Waals surface area contributed by atoms with Crippen molar-refractivity contribution in [1.82, 2.24) is 0 Å². The van der Waals surface area contributed by atoms with Gasteiger partial charge in [-0.25, -0.2) is 0 Å². The molecule has 0 spiro atoms. The third-order valence-electron chi connectivity index (χ3n) is 2.92. The van der Waals surface area contributed by atoms with Crippen molar-refractivity contribution in [3.05, 3.63) is 0 Å². The van der Waals surface area contributed by atoms with Crippen molar-refractivity contribution in [1.29, 1.82) is 0 Å². The zero-order valence-corrected chi connectivity index (χ0v) is 10.2. The highest BCUT2D eigenvalue weighted by Gasteiger charge is 1.99. The standard InChI is InChI=1S/C13H28O2/c1-2-13(15)11-9-7-5-3-4-6-8-10-12-14/h13-15H,2-12H2,1H3. The third kappa shape index (κ3) is 11.8. The summed E-state index contributed by atoms with van der Waals surface area (Å²) in [5.41, 5.74) is 0. The van der Waals surface area contributed by atoms with Gasteiger partial charge in [0, 0.05) is 6.61 Å². The molecule has 0 aromatic carbocycles. The van der Waals surface area contributed by atoms with Crippen LogP contribution in [0.25, 0.3) is 0 Å². The molecule has 0 heterocycles. The second-order valence-corrected chi connectivity index (χ2v) is 4.40. The van der Waals surface area contributed by atoms with E-state index in [1.54, 1.807) is 0 Å². The number of aliphatic hydroxyl groups excluding tert-OH is 2. The molecule has 0 bridgehead atoms. The lowest BCUT2D eigenvalue weighted by Crippen LogP contribution is -2.03. The van der Waals surface area contributed by atoms with Gasteiger partial charge in [-0.3, -0.25) is 0 Å². The number of unbranched alkanes of at least 4 members (excludes halogenated alkanes) is 7.